The second kappa shape index (κ2) is 6.55. The highest BCUT2D eigenvalue weighted by Gasteiger charge is 2.35. The van der Waals surface area contributed by atoms with Crippen LogP contribution in [0.5, 0.6) is 5.75 Å². The van der Waals surface area contributed by atoms with E-state index in [4.69, 9.17) is 0 Å². The fraction of sp³-hybridized carbons (Fsp3) is 0.455. The molecule has 1 aromatic heterocycles. The summed E-state index contributed by atoms with van der Waals surface area (Å²) in [5.74, 6) is -2.33. The Kier molecular flexibility index (Phi) is 5.28. The van der Waals surface area contributed by atoms with E-state index in [-0.39, 0.29) is 6.61 Å². The highest BCUT2D eigenvalue weighted by molar-refractivity contribution is 5.72. The van der Waals surface area contributed by atoms with E-state index < -0.39 is 47.6 Å². The van der Waals surface area contributed by atoms with E-state index in [9.17, 15) is 31.5 Å². The third-order valence-electron chi connectivity index (χ3n) is 2.22. The van der Waals surface area contributed by atoms with Gasteiger partial charge in [-0.3, -0.25) is 9.59 Å². The summed E-state index contributed by atoms with van der Waals surface area (Å²) in [5.41, 5.74) is -3.43. The normalized spacial score (nSPS) is 11.6. The van der Waals surface area contributed by atoms with Crippen LogP contribution in [0.4, 0.5) is 22.0 Å². The van der Waals surface area contributed by atoms with Crippen molar-refractivity contribution in [2.45, 2.75) is 26.1 Å². The van der Waals surface area contributed by atoms with E-state index in [1.54, 1.807) is 0 Å². The molecule has 0 aromatic carbocycles. The van der Waals surface area contributed by atoms with E-state index in [1.807, 2.05) is 4.98 Å². The van der Waals surface area contributed by atoms with Crippen molar-refractivity contribution >= 4 is 5.97 Å². The fourth-order valence-corrected chi connectivity index (χ4v) is 1.44. The molecule has 0 amide bonds. The highest BCUT2D eigenvalue weighted by Crippen LogP contribution is 2.25. The van der Waals surface area contributed by atoms with Gasteiger partial charge in [-0.1, -0.05) is 0 Å². The molecule has 0 saturated heterocycles. The van der Waals surface area contributed by atoms with E-state index in [2.05, 4.69) is 9.47 Å². The molecule has 0 bridgehead atoms. The number of aromatic amines is 1. The Balaban J connectivity index is 3.27. The van der Waals surface area contributed by atoms with Crippen LogP contribution < -0.4 is 10.2 Å². The van der Waals surface area contributed by atoms with Gasteiger partial charge in [-0.25, -0.2) is 8.78 Å². The van der Waals surface area contributed by atoms with Gasteiger partial charge in [0.25, 0.3) is 6.43 Å². The molecule has 10 heteroatoms. The number of H-pyrrole nitrogens is 1. The Morgan fingerprint density at radius 2 is 2.00 bits per heavy atom. The number of hydrogen-bond acceptors (Lipinski definition) is 4. The molecule has 21 heavy (non-hydrogen) atoms. The predicted octanol–water partition coefficient (Wildman–Crippen LogP) is 2.32. The van der Waals surface area contributed by atoms with Crippen molar-refractivity contribution in [3.8, 4) is 5.75 Å². The van der Waals surface area contributed by atoms with Crippen LogP contribution in [0.25, 0.3) is 0 Å². The summed E-state index contributed by atoms with van der Waals surface area (Å²) in [7, 11) is 0. The lowest BCUT2D eigenvalue weighted by atomic mass is 10.2. The zero-order chi connectivity index (χ0) is 16.2. The molecular weight excluding hydrogens is 305 g/mol. The molecule has 1 rings (SSSR count). The lowest BCUT2D eigenvalue weighted by Crippen LogP contribution is -2.26. The molecule has 0 aliphatic heterocycles. The number of rotatable bonds is 5. The molecular formula is C11H10F5NO4. The summed E-state index contributed by atoms with van der Waals surface area (Å²) >= 11 is 0. The number of ether oxygens (including phenoxy) is 2. The second-order valence-electron chi connectivity index (χ2n) is 3.71. The van der Waals surface area contributed by atoms with Crippen LogP contribution in [0, 0.1) is 0 Å². The monoisotopic (exact) mass is 315 g/mol. The minimum absolute atomic E-state index is 0.0341. The third-order valence-corrected chi connectivity index (χ3v) is 2.22. The van der Waals surface area contributed by atoms with Crippen molar-refractivity contribution in [3.63, 3.8) is 0 Å². The van der Waals surface area contributed by atoms with Gasteiger partial charge in [-0.05, 0) is 6.92 Å². The number of pyridine rings is 1. The van der Waals surface area contributed by atoms with Gasteiger partial charge in [0.1, 0.15) is 0 Å². The number of carbonyl (C=O) groups is 1. The van der Waals surface area contributed by atoms with Crippen LogP contribution in [0.1, 0.15) is 24.6 Å². The first-order chi connectivity index (χ1) is 9.65. The molecule has 0 radical (unpaired) electrons. The second-order valence-corrected chi connectivity index (χ2v) is 3.71. The zero-order valence-corrected chi connectivity index (χ0v) is 10.6. The molecule has 118 valence electrons. The van der Waals surface area contributed by atoms with Crippen LogP contribution in [0.15, 0.2) is 11.0 Å². The van der Waals surface area contributed by atoms with Crippen LogP contribution in [-0.4, -0.2) is 23.9 Å². The number of carbonyl (C=O) groups excluding carboxylic acids is 1. The molecule has 0 aliphatic carbocycles. The van der Waals surface area contributed by atoms with E-state index >= 15 is 0 Å². The van der Waals surface area contributed by atoms with Crippen molar-refractivity contribution < 1.29 is 36.2 Å². The maximum Gasteiger partial charge on any atom is 0.573 e. The van der Waals surface area contributed by atoms with Crippen LogP contribution in [0.3, 0.4) is 0 Å². The summed E-state index contributed by atoms with van der Waals surface area (Å²) in [6.07, 6.45) is -8.78. The molecule has 1 N–H and O–H groups in total. The van der Waals surface area contributed by atoms with Crippen molar-refractivity contribution in [1.29, 1.82) is 0 Å². The Bertz CT molecular complexity index is 567. The average molecular weight is 315 g/mol. The van der Waals surface area contributed by atoms with Crippen LogP contribution in [0.2, 0.25) is 0 Å². The lowest BCUT2D eigenvalue weighted by Gasteiger charge is -2.13. The van der Waals surface area contributed by atoms with Gasteiger partial charge in [0.15, 0.2) is 5.75 Å². The molecule has 5 nitrogen and oxygen atoms in total. The molecule has 0 fully saturated rings. The van der Waals surface area contributed by atoms with Crippen molar-refractivity contribution in [1.82, 2.24) is 4.98 Å². The van der Waals surface area contributed by atoms with Gasteiger partial charge in [0.05, 0.1) is 24.3 Å². The van der Waals surface area contributed by atoms with Gasteiger partial charge in [0.2, 0.25) is 5.43 Å². The van der Waals surface area contributed by atoms with Gasteiger partial charge >= 0.3 is 12.3 Å². The highest BCUT2D eigenvalue weighted by atomic mass is 19.4. The standard InChI is InChI=1S/C11H10F5NO4/c1-2-20-7(18)3-6-9(21-11(14,15)16)8(19)5(4-17-6)10(12)13/h4,10H,2-3H2,1H3,(H,17,19). The third kappa shape index (κ3) is 4.72. The summed E-state index contributed by atoms with van der Waals surface area (Å²) in [5, 5.41) is 0. The number of nitrogens with one attached hydrogen (secondary N) is 1. The molecule has 0 atom stereocenters. The maximum atomic E-state index is 12.5. The summed E-state index contributed by atoms with van der Waals surface area (Å²) in [4.78, 5) is 24.8. The molecule has 0 spiro atoms. The SMILES string of the molecule is CCOC(=O)Cc1[nH]cc(C(F)F)c(=O)c1OC(F)(F)F. The molecule has 1 heterocycles. The number of alkyl halides is 5. The molecule has 0 aliphatic rings. The molecule has 0 saturated carbocycles. The Labute approximate surface area is 114 Å². The van der Waals surface area contributed by atoms with Crippen molar-refractivity contribution in [3.05, 3.63) is 27.7 Å². The summed E-state index contributed by atoms with van der Waals surface area (Å²) in [6, 6.07) is 0. The smallest absolute Gasteiger partial charge is 0.466 e. The van der Waals surface area contributed by atoms with E-state index in [0.717, 1.165) is 0 Å². The number of esters is 1. The van der Waals surface area contributed by atoms with Gasteiger partial charge in [0, 0.05) is 6.20 Å². The topological polar surface area (TPSA) is 68.4 Å². The van der Waals surface area contributed by atoms with Crippen LogP contribution >= 0.6 is 0 Å². The fourth-order valence-electron chi connectivity index (χ4n) is 1.44. The van der Waals surface area contributed by atoms with Gasteiger partial charge in [-0.2, -0.15) is 0 Å². The van der Waals surface area contributed by atoms with Gasteiger partial charge in [-0.15, -0.1) is 13.2 Å². The predicted molar refractivity (Wildman–Crippen MR) is 59.0 cm³/mol. The molecule has 1 aromatic rings. The lowest BCUT2D eigenvalue weighted by molar-refractivity contribution is -0.275. The van der Waals surface area contributed by atoms with Crippen molar-refractivity contribution in [2.75, 3.05) is 6.61 Å². The average Bonchev–Trinajstić information content (AvgIpc) is 2.32. The number of aromatic nitrogens is 1. The molecule has 0 unspecified atom stereocenters. The van der Waals surface area contributed by atoms with E-state index in [1.165, 1.54) is 6.92 Å². The van der Waals surface area contributed by atoms with E-state index in [0.29, 0.717) is 6.20 Å². The first-order valence-corrected chi connectivity index (χ1v) is 5.59. The first-order valence-electron chi connectivity index (χ1n) is 5.59. The van der Waals surface area contributed by atoms with Crippen molar-refractivity contribution in [2.24, 2.45) is 0 Å². The largest absolute Gasteiger partial charge is 0.573 e. The van der Waals surface area contributed by atoms with Gasteiger partial charge < -0.3 is 14.5 Å². The summed E-state index contributed by atoms with van der Waals surface area (Å²) < 4.78 is 69.7. The van der Waals surface area contributed by atoms with Crippen LogP contribution in [-0.2, 0) is 16.0 Å². The Morgan fingerprint density at radius 1 is 1.38 bits per heavy atom. The minimum atomic E-state index is -5.27. The first kappa shape index (κ1) is 16.9. The summed E-state index contributed by atoms with van der Waals surface area (Å²) in [6.45, 7) is 1.43. The Hall–Kier alpha value is -2.13. The minimum Gasteiger partial charge on any atom is -0.466 e. The zero-order valence-electron chi connectivity index (χ0n) is 10.6. The quantitative estimate of drug-likeness (QED) is 0.669. The Morgan fingerprint density at radius 3 is 2.48 bits per heavy atom. The number of halogens is 5. The maximum absolute atomic E-state index is 12.5. The number of hydrogen-bond donors (Lipinski definition) is 1.